The second-order valence-electron chi connectivity index (χ2n) is 7.69. The second-order valence-corrected chi connectivity index (χ2v) is 8.69. The number of hydroxylamine groups is 3. The molecule has 0 saturated carbocycles. The summed E-state index contributed by atoms with van der Waals surface area (Å²) < 4.78 is 10.2. The lowest BCUT2D eigenvalue weighted by molar-refractivity contribution is -0.864. The molecule has 0 aliphatic carbocycles. The van der Waals surface area contributed by atoms with Crippen LogP contribution in [0.2, 0.25) is 0 Å². The Morgan fingerprint density at radius 3 is 2.00 bits per heavy atom. The number of benzene rings is 2. The molecule has 162 valence electrons. The standard InChI is InChI=1S/C23H25N3O4S/c1-26(28)14-12-25(13-15-26)23(27)22-24-20(16-4-8-18(29-2)9-5-16)21(31-22)17-6-10-19(30-3)11-7-17/h4-11H,12-15H2,1-3H3. The number of aromatic nitrogens is 1. The van der Waals surface area contributed by atoms with E-state index >= 15 is 0 Å². The van der Waals surface area contributed by atoms with Gasteiger partial charge in [-0.1, -0.05) is 0 Å². The van der Waals surface area contributed by atoms with Crippen LogP contribution in [0.15, 0.2) is 48.5 Å². The SMILES string of the molecule is COc1ccc(-c2nc(C(=O)N3CC[N+](C)([O-])CC3)sc2-c2ccc(OC)cc2)cc1. The van der Waals surface area contributed by atoms with E-state index in [-0.39, 0.29) is 10.6 Å². The third-order valence-corrected chi connectivity index (χ3v) is 6.59. The number of methoxy groups -OCH3 is 2. The first-order valence-corrected chi connectivity index (χ1v) is 10.9. The maximum Gasteiger partial charge on any atom is 0.283 e. The van der Waals surface area contributed by atoms with E-state index in [9.17, 15) is 10.0 Å². The Morgan fingerprint density at radius 1 is 0.968 bits per heavy atom. The van der Waals surface area contributed by atoms with E-state index in [1.54, 1.807) is 26.2 Å². The summed E-state index contributed by atoms with van der Waals surface area (Å²) in [4.78, 5) is 20.5. The lowest BCUT2D eigenvalue weighted by Gasteiger charge is -2.44. The molecular weight excluding hydrogens is 414 g/mol. The van der Waals surface area contributed by atoms with Crippen molar-refractivity contribution in [2.24, 2.45) is 0 Å². The van der Waals surface area contributed by atoms with Crippen LogP contribution in [0.3, 0.4) is 0 Å². The van der Waals surface area contributed by atoms with Crippen molar-refractivity contribution in [2.75, 3.05) is 47.4 Å². The van der Waals surface area contributed by atoms with Gasteiger partial charge < -0.3 is 24.2 Å². The molecule has 1 aromatic heterocycles. The third-order valence-electron chi connectivity index (χ3n) is 5.50. The van der Waals surface area contributed by atoms with Gasteiger partial charge in [-0.15, -0.1) is 11.3 Å². The predicted octanol–water partition coefficient (Wildman–Crippen LogP) is 3.89. The van der Waals surface area contributed by atoms with Crippen molar-refractivity contribution in [3.63, 3.8) is 0 Å². The van der Waals surface area contributed by atoms with Gasteiger partial charge in [0, 0.05) is 5.56 Å². The van der Waals surface area contributed by atoms with Crippen molar-refractivity contribution in [1.29, 1.82) is 0 Å². The Labute approximate surface area is 185 Å². The zero-order valence-corrected chi connectivity index (χ0v) is 18.6. The van der Waals surface area contributed by atoms with Crippen molar-refractivity contribution in [3.05, 3.63) is 58.7 Å². The molecule has 1 aliphatic rings. The number of likely N-dealkylation sites (N-methyl/N-ethyl adjacent to an activating group) is 1. The summed E-state index contributed by atoms with van der Waals surface area (Å²) in [6.45, 7) is 1.67. The average molecular weight is 440 g/mol. The number of amides is 1. The molecule has 0 spiro atoms. The minimum Gasteiger partial charge on any atom is -0.633 e. The number of ether oxygens (including phenoxy) is 2. The van der Waals surface area contributed by atoms with Crippen LogP contribution in [0.4, 0.5) is 0 Å². The molecule has 2 heterocycles. The van der Waals surface area contributed by atoms with E-state index in [1.807, 2.05) is 48.5 Å². The van der Waals surface area contributed by atoms with Crippen molar-refractivity contribution in [1.82, 2.24) is 9.88 Å². The Balaban J connectivity index is 1.71. The van der Waals surface area contributed by atoms with Gasteiger partial charge in [-0.3, -0.25) is 4.79 Å². The van der Waals surface area contributed by atoms with Crippen LogP contribution in [0.1, 0.15) is 9.80 Å². The topological polar surface area (TPSA) is 74.7 Å². The highest BCUT2D eigenvalue weighted by atomic mass is 32.1. The summed E-state index contributed by atoms with van der Waals surface area (Å²) in [7, 11) is 4.90. The van der Waals surface area contributed by atoms with Crippen LogP contribution in [-0.4, -0.2) is 67.9 Å². The molecule has 7 nitrogen and oxygen atoms in total. The van der Waals surface area contributed by atoms with Crippen molar-refractivity contribution in [3.8, 4) is 33.2 Å². The van der Waals surface area contributed by atoms with Gasteiger partial charge in [0.2, 0.25) is 0 Å². The van der Waals surface area contributed by atoms with Crippen molar-refractivity contribution >= 4 is 17.2 Å². The van der Waals surface area contributed by atoms with Gasteiger partial charge >= 0.3 is 0 Å². The zero-order valence-electron chi connectivity index (χ0n) is 17.8. The first kappa shape index (κ1) is 21.3. The van der Waals surface area contributed by atoms with Crippen molar-refractivity contribution < 1.29 is 18.9 Å². The maximum absolute atomic E-state index is 13.2. The molecule has 31 heavy (non-hydrogen) atoms. The molecule has 1 fully saturated rings. The summed E-state index contributed by atoms with van der Waals surface area (Å²) in [5, 5.41) is 12.6. The lowest BCUT2D eigenvalue weighted by atomic mass is 10.1. The summed E-state index contributed by atoms with van der Waals surface area (Å²) >= 11 is 1.37. The lowest BCUT2D eigenvalue weighted by Crippen LogP contribution is -2.55. The molecule has 1 aliphatic heterocycles. The van der Waals surface area contributed by atoms with Gasteiger partial charge in [0.1, 0.15) is 11.5 Å². The molecule has 2 aromatic carbocycles. The predicted molar refractivity (Wildman–Crippen MR) is 121 cm³/mol. The summed E-state index contributed by atoms with van der Waals surface area (Å²) in [6, 6.07) is 15.4. The molecule has 1 amide bonds. The highest BCUT2D eigenvalue weighted by molar-refractivity contribution is 7.17. The summed E-state index contributed by atoms with van der Waals surface area (Å²) in [5.74, 6) is 1.40. The monoisotopic (exact) mass is 439 g/mol. The highest BCUT2D eigenvalue weighted by Crippen LogP contribution is 2.38. The smallest absolute Gasteiger partial charge is 0.283 e. The fraction of sp³-hybridized carbons (Fsp3) is 0.304. The Kier molecular flexibility index (Phi) is 5.95. The number of quaternary nitrogens is 1. The summed E-state index contributed by atoms with van der Waals surface area (Å²) in [6.07, 6.45) is 0. The van der Waals surface area contributed by atoms with E-state index in [1.165, 1.54) is 11.3 Å². The van der Waals surface area contributed by atoms with Crippen LogP contribution in [0, 0.1) is 5.21 Å². The quantitative estimate of drug-likeness (QED) is 0.445. The van der Waals surface area contributed by atoms with Gasteiger partial charge in [-0.05, 0) is 54.1 Å². The fourth-order valence-electron chi connectivity index (χ4n) is 3.52. The number of rotatable bonds is 5. The van der Waals surface area contributed by atoms with Crippen LogP contribution in [0.5, 0.6) is 11.5 Å². The van der Waals surface area contributed by atoms with E-state index < -0.39 is 0 Å². The molecule has 1 saturated heterocycles. The molecule has 0 bridgehead atoms. The molecule has 0 N–H and O–H groups in total. The van der Waals surface area contributed by atoms with Gasteiger partial charge in [0.05, 0.1) is 58.0 Å². The average Bonchev–Trinajstić information content (AvgIpc) is 3.24. The fourth-order valence-corrected chi connectivity index (χ4v) is 4.58. The van der Waals surface area contributed by atoms with E-state index in [4.69, 9.17) is 14.5 Å². The van der Waals surface area contributed by atoms with Gasteiger partial charge in [-0.2, -0.15) is 0 Å². The number of carbonyl (C=O) groups excluding carboxylic acids is 1. The van der Waals surface area contributed by atoms with Crippen LogP contribution < -0.4 is 9.47 Å². The van der Waals surface area contributed by atoms with Crippen LogP contribution >= 0.6 is 11.3 Å². The Hall–Kier alpha value is -2.94. The third kappa shape index (κ3) is 4.56. The van der Waals surface area contributed by atoms with Crippen LogP contribution in [-0.2, 0) is 0 Å². The van der Waals surface area contributed by atoms with Gasteiger partial charge in [0.15, 0.2) is 5.01 Å². The molecule has 4 rings (SSSR count). The van der Waals surface area contributed by atoms with Crippen molar-refractivity contribution in [2.45, 2.75) is 0 Å². The highest BCUT2D eigenvalue weighted by Gasteiger charge is 2.29. The Bertz CT molecular complexity index is 986. The number of hydrogen-bond donors (Lipinski definition) is 0. The number of thiazole rings is 1. The number of nitrogens with zero attached hydrogens (tertiary/aromatic N) is 3. The normalized spacial score (nSPS) is 15.5. The number of hydrogen-bond acceptors (Lipinski definition) is 6. The first-order chi connectivity index (χ1) is 14.9. The van der Waals surface area contributed by atoms with E-state index in [0.29, 0.717) is 31.2 Å². The molecule has 8 heteroatoms. The van der Waals surface area contributed by atoms with Gasteiger partial charge in [0.25, 0.3) is 5.91 Å². The molecule has 0 atom stereocenters. The van der Waals surface area contributed by atoms with E-state index in [0.717, 1.165) is 33.2 Å². The zero-order chi connectivity index (χ0) is 22.0. The number of piperazine rings is 1. The maximum atomic E-state index is 13.2. The molecular formula is C23H25N3O4S. The van der Waals surface area contributed by atoms with Crippen LogP contribution in [0.25, 0.3) is 21.7 Å². The second kappa shape index (κ2) is 8.66. The number of carbonyl (C=O) groups is 1. The summed E-state index contributed by atoms with van der Waals surface area (Å²) in [5.41, 5.74) is 2.62. The molecule has 3 aromatic rings. The first-order valence-electron chi connectivity index (χ1n) is 10.0. The van der Waals surface area contributed by atoms with E-state index in [2.05, 4.69) is 0 Å². The molecule has 0 unspecified atom stereocenters. The minimum absolute atomic E-state index is 0.126. The largest absolute Gasteiger partial charge is 0.633 e. The Morgan fingerprint density at radius 2 is 1.48 bits per heavy atom. The molecule has 0 radical (unpaired) electrons. The minimum atomic E-state index is -0.310. The van der Waals surface area contributed by atoms with Gasteiger partial charge in [-0.25, -0.2) is 4.98 Å².